The van der Waals surface area contributed by atoms with Crippen LogP contribution in [-0.2, 0) is 65.4 Å². The van der Waals surface area contributed by atoms with Crippen molar-refractivity contribution in [2.45, 2.75) is 414 Å². The Balaban J connectivity index is 5.24. The number of ether oxygens (including phenoxy) is 4. The number of aliphatic hydroxyl groups excluding tert-OH is 1. The van der Waals surface area contributed by atoms with Crippen molar-refractivity contribution in [3.05, 3.63) is 24.3 Å². The molecular weight excluding hydrogens is 1310 g/mol. The summed E-state index contributed by atoms with van der Waals surface area (Å²) in [6.07, 6.45) is 62.0. The lowest BCUT2D eigenvalue weighted by Crippen LogP contribution is -2.30. The van der Waals surface area contributed by atoms with Gasteiger partial charge in [0, 0.05) is 25.7 Å². The van der Waals surface area contributed by atoms with Gasteiger partial charge in [0.1, 0.15) is 19.3 Å². The zero-order valence-corrected chi connectivity index (χ0v) is 66.9. The average Bonchev–Trinajstić information content (AvgIpc) is 0.923. The summed E-state index contributed by atoms with van der Waals surface area (Å²) in [5, 5.41) is 10.6. The van der Waals surface area contributed by atoms with Gasteiger partial charge in [-0.05, 0) is 69.1 Å². The Labute approximate surface area is 612 Å². The predicted octanol–water partition coefficient (Wildman–Crippen LogP) is 23.7. The fraction of sp³-hybridized carbons (Fsp3) is 0.901. The van der Waals surface area contributed by atoms with Crippen LogP contribution in [0.2, 0.25) is 0 Å². The van der Waals surface area contributed by atoms with E-state index < -0.39 is 97.5 Å². The maximum Gasteiger partial charge on any atom is 0.472 e. The number of carbonyl (C=O) groups excluding carboxylic acids is 4. The van der Waals surface area contributed by atoms with Gasteiger partial charge >= 0.3 is 39.5 Å². The molecule has 0 bridgehead atoms. The van der Waals surface area contributed by atoms with Crippen LogP contribution in [0.1, 0.15) is 395 Å². The van der Waals surface area contributed by atoms with Crippen molar-refractivity contribution in [1.29, 1.82) is 0 Å². The summed E-state index contributed by atoms with van der Waals surface area (Å²) in [6, 6.07) is 0. The summed E-state index contributed by atoms with van der Waals surface area (Å²) < 4.78 is 68.6. The van der Waals surface area contributed by atoms with E-state index in [2.05, 4.69) is 72.8 Å². The molecule has 0 saturated heterocycles. The van der Waals surface area contributed by atoms with E-state index in [1.807, 2.05) is 0 Å². The summed E-state index contributed by atoms with van der Waals surface area (Å²) in [6.45, 7) is 11.9. The molecule has 19 heteroatoms. The monoisotopic (exact) mass is 1460 g/mol. The Hall–Kier alpha value is -2.46. The lowest BCUT2D eigenvalue weighted by atomic mass is 9.99. The standard InChI is InChI=1S/C81H154O17P2/c1-8-10-11-12-13-14-15-16-21-25-28-34-41-48-55-62-78(83)91-68-76(97-80(85)64-57-50-42-35-29-26-23-20-18-17-19-22-24-27-33-40-47-54-61-74(7)9-2)70-95-99(87,88)93-66-75(82)67-94-100(89,90)96-71-77(69-92-79(84)63-56-49-44-37-39-46-53-60-73(5)6)98-81(86)65-58-51-43-36-31-30-32-38-45-52-59-72(3)4/h14-16,21,72-77,82H,8-13,17-20,22-71H2,1-7H3,(H,87,88)(H,89,90)/b15-14-,21-16-/t74?,75?,76-,77-/m1/s1. The molecule has 4 unspecified atom stereocenters. The second-order valence-corrected chi connectivity index (χ2v) is 32.6. The van der Waals surface area contributed by atoms with Crippen molar-refractivity contribution in [3.8, 4) is 0 Å². The molecule has 0 heterocycles. The van der Waals surface area contributed by atoms with Crippen molar-refractivity contribution in [2.24, 2.45) is 17.8 Å². The Bertz CT molecular complexity index is 2040. The lowest BCUT2D eigenvalue weighted by Gasteiger charge is -2.21. The molecule has 0 radical (unpaired) electrons. The van der Waals surface area contributed by atoms with Crippen molar-refractivity contribution >= 4 is 39.5 Å². The van der Waals surface area contributed by atoms with E-state index >= 15 is 0 Å². The van der Waals surface area contributed by atoms with E-state index in [0.29, 0.717) is 31.6 Å². The number of carbonyl (C=O) groups is 4. The number of esters is 4. The fourth-order valence-corrected chi connectivity index (χ4v) is 13.5. The molecule has 0 aromatic rings. The highest BCUT2D eigenvalue weighted by Crippen LogP contribution is 2.45. The molecule has 100 heavy (non-hydrogen) atoms. The van der Waals surface area contributed by atoms with Crippen molar-refractivity contribution in [2.75, 3.05) is 39.6 Å². The summed E-state index contributed by atoms with van der Waals surface area (Å²) in [5.74, 6) is 0.179. The van der Waals surface area contributed by atoms with Crippen LogP contribution < -0.4 is 0 Å². The highest BCUT2D eigenvalue weighted by Gasteiger charge is 2.30. The zero-order valence-electron chi connectivity index (χ0n) is 65.2. The number of unbranched alkanes of at least 4 members (excludes halogenated alkanes) is 41. The van der Waals surface area contributed by atoms with E-state index in [1.165, 1.54) is 180 Å². The molecule has 0 aliphatic heterocycles. The molecule has 0 amide bonds. The van der Waals surface area contributed by atoms with E-state index in [1.54, 1.807) is 0 Å². The van der Waals surface area contributed by atoms with Gasteiger partial charge in [-0.2, -0.15) is 0 Å². The fourth-order valence-electron chi connectivity index (χ4n) is 11.9. The van der Waals surface area contributed by atoms with E-state index in [0.717, 1.165) is 127 Å². The van der Waals surface area contributed by atoms with Crippen LogP contribution in [0.25, 0.3) is 0 Å². The smallest absolute Gasteiger partial charge is 0.462 e. The number of hydrogen-bond donors (Lipinski definition) is 3. The number of rotatable bonds is 77. The molecule has 0 rings (SSSR count). The zero-order chi connectivity index (χ0) is 73.7. The third kappa shape index (κ3) is 72.5. The summed E-state index contributed by atoms with van der Waals surface area (Å²) in [7, 11) is -9.93. The second kappa shape index (κ2) is 70.8. The molecule has 6 atom stereocenters. The van der Waals surface area contributed by atoms with E-state index in [9.17, 15) is 43.2 Å². The van der Waals surface area contributed by atoms with E-state index in [4.69, 9.17) is 37.0 Å². The Morgan fingerprint density at radius 3 is 0.890 bits per heavy atom. The Morgan fingerprint density at radius 1 is 0.330 bits per heavy atom. The van der Waals surface area contributed by atoms with E-state index in [-0.39, 0.29) is 25.7 Å². The number of phosphoric acid groups is 2. The molecule has 0 aliphatic carbocycles. The van der Waals surface area contributed by atoms with Crippen molar-refractivity contribution < 1.29 is 80.2 Å². The van der Waals surface area contributed by atoms with Crippen LogP contribution in [0, 0.1) is 17.8 Å². The van der Waals surface area contributed by atoms with Crippen molar-refractivity contribution in [1.82, 2.24) is 0 Å². The second-order valence-electron chi connectivity index (χ2n) is 29.7. The molecule has 17 nitrogen and oxygen atoms in total. The molecule has 0 fully saturated rings. The van der Waals surface area contributed by atoms with Gasteiger partial charge in [0.15, 0.2) is 12.2 Å². The first-order chi connectivity index (χ1) is 48.3. The van der Waals surface area contributed by atoms with Crippen LogP contribution in [0.15, 0.2) is 24.3 Å². The molecule has 0 aromatic carbocycles. The van der Waals surface area contributed by atoms with Gasteiger partial charge in [0.05, 0.1) is 26.4 Å². The normalized spacial score (nSPS) is 14.4. The maximum absolute atomic E-state index is 13.1. The number of hydrogen-bond acceptors (Lipinski definition) is 15. The molecular formula is C81H154O17P2. The van der Waals surface area contributed by atoms with Gasteiger partial charge < -0.3 is 33.8 Å². The highest BCUT2D eigenvalue weighted by molar-refractivity contribution is 7.47. The molecule has 3 N–H and O–H groups in total. The maximum atomic E-state index is 13.1. The van der Waals surface area contributed by atoms with Gasteiger partial charge in [-0.1, -0.05) is 342 Å². The quantitative estimate of drug-likeness (QED) is 0.0169. The van der Waals surface area contributed by atoms with Gasteiger partial charge in [-0.25, -0.2) is 9.13 Å². The van der Waals surface area contributed by atoms with Gasteiger partial charge in [-0.15, -0.1) is 0 Å². The first kappa shape index (κ1) is 97.5. The summed E-state index contributed by atoms with van der Waals surface area (Å²) >= 11 is 0. The average molecular weight is 1460 g/mol. The third-order valence-corrected chi connectivity index (χ3v) is 20.5. The van der Waals surface area contributed by atoms with Gasteiger partial charge in [0.25, 0.3) is 0 Å². The number of allylic oxidation sites excluding steroid dienone is 4. The predicted molar refractivity (Wildman–Crippen MR) is 409 cm³/mol. The van der Waals surface area contributed by atoms with Crippen LogP contribution in [-0.4, -0.2) is 96.7 Å². The molecule has 0 aliphatic rings. The lowest BCUT2D eigenvalue weighted by molar-refractivity contribution is -0.161. The third-order valence-electron chi connectivity index (χ3n) is 18.6. The number of phosphoric ester groups is 2. The van der Waals surface area contributed by atoms with Crippen molar-refractivity contribution in [3.63, 3.8) is 0 Å². The highest BCUT2D eigenvalue weighted by atomic mass is 31.2. The molecule has 0 spiro atoms. The minimum atomic E-state index is -4.97. The minimum Gasteiger partial charge on any atom is -0.462 e. The molecule has 0 saturated carbocycles. The summed E-state index contributed by atoms with van der Waals surface area (Å²) in [4.78, 5) is 72.9. The van der Waals surface area contributed by atoms with Crippen LogP contribution in [0.4, 0.5) is 0 Å². The molecule has 590 valence electrons. The van der Waals surface area contributed by atoms with Crippen LogP contribution >= 0.6 is 15.6 Å². The first-order valence-electron chi connectivity index (χ1n) is 41.2. The minimum absolute atomic E-state index is 0.101. The SMILES string of the molecule is CCCCCC/C=C\C=C/CCCCCCCC(=O)OC[C@H](COP(=O)(O)OCC(O)COP(=O)(O)OC[C@@H](COC(=O)CCCCCCCCCC(C)C)OC(=O)CCCCCCCCCCCCC(C)C)OC(=O)CCCCCCCCCCCCCCCCCCCCC(C)CC. The largest absolute Gasteiger partial charge is 0.472 e. The van der Waals surface area contributed by atoms with Gasteiger partial charge in [-0.3, -0.25) is 37.3 Å². The summed E-state index contributed by atoms with van der Waals surface area (Å²) in [5.41, 5.74) is 0. The van der Waals surface area contributed by atoms with Crippen LogP contribution in [0.3, 0.4) is 0 Å². The Kier molecular flexibility index (Phi) is 69.1. The molecule has 0 aromatic heterocycles. The van der Waals surface area contributed by atoms with Crippen LogP contribution in [0.5, 0.6) is 0 Å². The first-order valence-corrected chi connectivity index (χ1v) is 44.2. The number of aliphatic hydroxyl groups is 1. The topological polar surface area (TPSA) is 237 Å². The Morgan fingerprint density at radius 2 is 0.590 bits per heavy atom. The van der Waals surface area contributed by atoms with Gasteiger partial charge in [0.2, 0.25) is 0 Å².